The molecule has 8 heteroatoms. The van der Waals surface area contributed by atoms with Crippen molar-refractivity contribution in [3.8, 4) is 5.75 Å². The molecule has 0 saturated carbocycles. The Bertz CT molecular complexity index is 881. The lowest BCUT2D eigenvalue weighted by Gasteiger charge is -2.22. The van der Waals surface area contributed by atoms with Crippen molar-refractivity contribution in [3.05, 3.63) is 72.6 Å². The number of ether oxygens (including phenoxy) is 1. The molecule has 0 atom stereocenters. The van der Waals surface area contributed by atoms with Crippen LogP contribution in [-0.2, 0) is 21.4 Å². The van der Waals surface area contributed by atoms with Gasteiger partial charge < -0.3 is 10.1 Å². The Morgan fingerprint density at radius 1 is 1.19 bits per heavy atom. The molecule has 0 aliphatic heterocycles. The molecule has 1 amide bonds. The molecule has 27 heavy (non-hydrogen) atoms. The van der Waals surface area contributed by atoms with Gasteiger partial charge in [-0.25, -0.2) is 12.8 Å². The third-order valence-electron chi connectivity index (χ3n) is 3.58. The third-order valence-corrected chi connectivity index (χ3v) is 4.72. The van der Waals surface area contributed by atoms with Crippen LogP contribution in [0.2, 0.25) is 0 Å². The fourth-order valence-electron chi connectivity index (χ4n) is 2.25. The van der Waals surface area contributed by atoms with Gasteiger partial charge in [-0.15, -0.1) is 6.58 Å². The van der Waals surface area contributed by atoms with Crippen molar-refractivity contribution < 1.29 is 22.3 Å². The monoisotopic (exact) mass is 392 g/mol. The number of benzene rings is 2. The van der Waals surface area contributed by atoms with E-state index in [2.05, 4.69) is 11.9 Å². The van der Waals surface area contributed by atoms with Gasteiger partial charge in [0.25, 0.3) is 5.91 Å². The number of rotatable bonds is 9. The minimum atomic E-state index is -3.55. The first-order valence-corrected chi connectivity index (χ1v) is 9.97. The predicted octanol–water partition coefficient (Wildman–Crippen LogP) is 2.47. The number of sulfonamides is 1. The van der Waals surface area contributed by atoms with Crippen LogP contribution in [0, 0.1) is 5.82 Å². The van der Waals surface area contributed by atoms with Gasteiger partial charge in [0.15, 0.2) is 6.61 Å². The Hall–Kier alpha value is -2.87. The van der Waals surface area contributed by atoms with Crippen LogP contribution in [0.25, 0.3) is 0 Å². The zero-order valence-electron chi connectivity index (χ0n) is 14.9. The van der Waals surface area contributed by atoms with Crippen LogP contribution in [0.15, 0.2) is 61.2 Å². The molecule has 2 rings (SSSR count). The number of carbonyl (C=O) groups is 1. The highest BCUT2D eigenvalue weighted by Gasteiger charge is 2.18. The largest absolute Gasteiger partial charge is 0.484 e. The summed E-state index contributed by atoms with van der Waals surface area (Å²) >= 11 is 0. The average Bonchev–Trinajstić information content (AvgIpc) is 2.64. The summed E-state index contributed by atoms with van der Waals surface area (Å²) in [5, 5.41) is 2.59. The summed E-state index contributed by atoms with van der Waals surface area (Å²) in [5.41, 5.74) is 1.09. The number of hydrogen-bond acceptors (Lipinski definition) is 4. The van der Waals surface area contributed by atoms with Gasteiger partial charge in [-0.05, 0) is 42.0 Å². The molecule has 0 unspecified atom stereocenters. The van der Waals surface area contributed by atoms with Gasteiger partial charge in [-0.3, -0.25) is 9.10 Å². The lowest BCUT2D eigenvalue weighted by molar-refractivity contribution is -0.122. The molecule has 0 saturated heterocycles. The Morgan fingerprint density at radius 2 is 1.81 bits per heavy atom. The van der Waals surface area contributed by atoms with E-state index in [-0.39, 0.29) is 24.9 Å². The molecule has 144 valence electrons. The predicted molar refractivity (Wildman–Crippen MR) is 103 cm³/mol. The zero-order chi connectivity index (χ0) is 19.9. The van der Waals surface area contributed by atoms with Crippen molar-refractivity contribution in [2.75, 3.05) is 23.7 Å². The summed E-state index contributed by atoms with van der Waals surface area (Å²) < 4.78 is 43.9. The zero-order valence-corrected chi connectivity index (χ0v) is 15.7. The highest BCUT2D eigenvalue weighted by Crippen LogP contribution is 2.23. The van der Waals surface area contributed by atoms with Crippen LogP contribution in [0.1, 0.15) is 5.56 Å². The van der Waals surface area contributed by atoms with Gasteiger partial charge in [-0.1, -0.05) is 18.2 Å². The molecule has 0 bridgehead atoms. The summed E-state index contributed by atoms with van der Waals surface area (Å²) in [6.45, 7) is 3.78. The van der Waals surface area contributed by atoms with Gasteiger partial charge >= 0.3 is 0 Å². The average molecular weight is 392 g/mol. The Balaban J connectivity index is 2.09. The minimum Gasteiger partial charge on any atom is -0.484 e. The molecule has 2 aromatic carbocycles. The maximum atomic E-state index is 13.0. The van der Waals surface area contributed by atoms with Crippen LogP contribution in [0.4, 0.5) is 10.1 Å². The lowest BCUT2D eigenvalue weighted by atomic mass is 10.2. The Labute approximate surface area is 158 Å². The Morgan fingerprint density at radius 3 is 2.37 bits per heavy atom. The quantitative estimate of drug-likeness (QED) is 0.665. The molecular weight excluding hydrogens is 371 g/mol. The maximum absolute atomic E-state index is 13.0. The Kier molecular flexibility index (Phi) is 6.95. The first-order valence-electron chi connectivity index (χ1n) is 8.12. The van der Waals surface area contributed by atoms with Gasteiger partial charge in [0, 0.05) is 6.54 Å². The maximum Gasteiger partial charge on any atom is 0.258 e. The second-order valence-corrected chi connectivity index (χ2v) is 7.68. The summed E-state index contributed by atoms with van der Waals surface area (Å²) in [5.74, 6) is -0.237. The summed E-state index contributed by atoms with van der Waals surface area (Å²) in [7, 11) is -3.55. The number of nitrogens with one attached hydrogen (secondary N) is 1. The topological polar surface area (TPSA) is 75.7 Å². The first-order chi connectivity index (χ1) is 12.8. The van der Waals surface area contributed by atoms with E-state index in [1.54, 1.807) is 30.3 Å². The number of hydrogen-bond donors (Lipinski definition) is 1. The van der Waals surface area contributed by atoms with E-state index in [4.69, 9.17) is 4.74 Å². The smallest absolute Gasteiger partial charge is 0.258 e. The number of amides is 1. The van der Waals surface area contributed by atoms with Crippen molar-refractivity contribution in [2.24, 2.45) is 0 Å². The molecule has 0 heterocycles. The molecule has 0 spiro atoms. The highest BCUT2D eigenvalue weighted by molar-refractivity contribution is 7.92. The molecule has 0 aliphatic rings. The number of halogens is 1. The van der Waals surface area contributed by atoms with E-state index >= 15 is 0 Å². The lowest BCUT2D eigenvalue weighted by Crippen LogP contribution is -2.29. The molecular formula is C19H21FN2O4S. The molecule has 1 N–H and O–H groups in total. The molecule has 0 fully saturated rings. The van der Waals surface area contributed by atoms with E-state index in [0.29, 0.717) is 23.5 Å². The number of nitrogens with zero attached hydrogens (tertiary/aromatic N) is 1. The summed E-state index contributed by atoms with van der Waals surface area (Å²) in [4.78, 5) is 11.5. The van der Waals surface area contributed by atoms with Gasteiger partial charge in [0.05, 0.1) is 18.5 Å². The van der Waals surface area contributed by atoms with Gasteiger partial charge in [0.2, 0.25) is 10.0 Å². The van der Waals surface area contributed by atoms with Gasteiger partial charge in [-0.2, -0.15) is 0 Å². The van der Waals surface area contributed by atoms with Crippen molar-refractivity contribution >= 4 is 21.6 Å². The van der Waals surface area contributed by atoms with Crippen molar-refractivity contribution in [1.29, 1.82) is 0 Å². The number of anilines is 1. The summed E-state index contributed by atoms with van der Waals surface area (Å²) in [6.07, 6.45) is 2.67. The molecule has 0 aliphatic carbocycles. The van der Waals surface area contributed by atoms with Crippen molar-refractivity contribution in [1.82, 2.24) is 5.32 Å². The minimum absolute atomic E-state index is 0.0727. The van der Waals surface area contributed by atoms with Gasteiger partial charge in [0.1, 0.15) is 11.6 Å². The third kappa shape index (κ3) is 6.41. The van der Waals surface area contributed by atoms with Crippen LogP contribution in [0.5, 0.6) is 5.75 Å². The van der Waals surface area contributed by atoms with Crippen molar-refractivity contribution in [2.45, 2.75) is 6.54 Å². The SMILES string of the molecule is C=CCNC(=O)COc1ccc(N(Cc2ccc(F)cc2)S(C)(=O)=O)cc1. The standard InChI is InChI=1S/C19H21FN2O4S/c1-3-12-21-19(23)14-26-18-10-8-17(9-11-18)22(27(2,24)25)13-15-4-6-16(20)7-5-15/h3-11H,1,12-14H2,2H3,(H,21,23). The summed E-state index contributed by atoms with van der Waals surface area (Å²) in [6, 6.07) is 12.0. The first kappa shape index (κ1) is 20.4. The van der Waals surface area contributed by atoms with Crippen LogP contribution in [-0.4, -0.2) is 33.7 Å². The molecule has 0 radical (unpaired) electrons. The van der Waals surface area contributed by atoms with Crippen molar-refractivity contribution in [3.63, 3.8) is 0 Å². The second-order valence-electron chi connectivity index (χ2n) is 5.77. The van der Waals surface area contributed by atoms with E-state index in [0.717, 1.165) is 6.26 Å². The molecule has 0 aromatic heterocycles. The number of carbonyl (C=O) groups excluding carboxylic acids is 1. The fourth-order valence-corrected chi connectivity index (χ4v) is 3.14. The highest BCUT2D eigenvalue weighted by atomic mass is 32.2. The van der Waals surface area contributed by atoms with Crippen LogP contribution in [0.3, 0.4) is 0 Å². The van der Waals surface area contributed by atoms with E-state index < -0.39 is 10.0 Å². The molecule has 6 nitrogen and oxygen atoms in total. The van der Waals surface area contributed by atoms with Crippen LogP contribution >= 0.6 is 0 Å². The molecule has 2 aromatic rings. The normalized spacial score (nSPS) is 10.9. The van der Waals surface area contributed by atoms with E-state index in [9.17, 15) is 17.6 Å². The second kappa shape index (κ2) is 9.18. The van der Waals surface area contributed by atoms with E-state index in [1.165, 1.54) is 28.6 Å². The van der Waals surface area contributed by atoms with Crippen LogP contribution < -0.4 is 14.4 Å². The van der Waals surface area contributed by atoms with E-state index in [1.807, 2.05) is 0 Å². The fraction of sp³-hybridized carbons (Fsp3) is 0.211.